The summed E-state index contributed by atoms with van der Waals surface area (Å²) in [6.07, 6.45) is 0. The monoisotopic (exact) mass is 341 g/mol. The van der Waals surface area contributed by atoms with Gasteiger partial charge in [0.05, 0.1) is 6.54 Å². The van der Waals surface area contributed by atoms with E-state index in [9.17, 15) is 0 Å². The Morgan fingerprint density at radius 1 is 1.16 bits per heavy atom. The van der Waals surface area contributed by atoms with Gasteiger partial charge in [-0.2, -0.15) is 0 Å². The fourth-order valence-electron chi connectivity index (χ4n) is 3.10. The number of nitrogens with zero attached hydrogens (tertiary/aromatic N) is 6. The highest BCUT2D eigenvalue weighted by Crippen LogP contribution is 2.17. The van der Waals surface area contributed by atoms with Gasteiger partial charge in [-0.25, -0.2) is 0 Å². The summed E-state index contributed by atoms with van der Waals surface area (Å²) in [5.74, 6) is 2.75. The van der Waals surface area contributed by atoms with Gasteiger partial charge in [-0.15, -0.1) is 10.2 Å². The summed E-state index contributed by atoms with van der Waals surface area (Å²) in [6.45, 7) is 8.61. The van der Waals surface area contributed by atoms with E-state index in [1.54, 1.807) is 0 Å². The lowest BCUT2D eigenvalue weighted by molar-refractivity contribution is 0.371. The van der Waals surface area contributed by atoms with Crippen molar-refractivity contribution in [2.24, 2.45) is 12.0 Å². The van der Waals surface area contributed by atoms with Crippen molar-refractivity contribution in [1.29, 1.82) is 0 Å². The van der Waals surface area contributed by atoms with Crippen LogP contribution in [0.15, 0.2) is 29.3 Å². The molecule has 1 aliphatic rings. The molecule has 3 rings (SSSR count). The van der Waals surface area contributed by atoms with Crippen molar-refractivity contribution in [2.45, 2.75) is 20.4 Å². The minimum Gasteiger partial charge on any atom is -0.368 e. The Bertz CT molecular complexity index is 742. The smallest absolute Gasteiger partial charge is 0.194 e. The summed E-state index contributed by atoms with van der Waals surface area (Å²) in [6, 6.07) is 8.70. The molecule has 2 heterocycles. The van der Waals surface area contributed by atoms with Crippen LogP contribution < -0.4 is 10.2 Å². The first kappa shape index (κ1) is 17.3. The molecular weight excluding hydrogens is 314 g/mol. The van der Waals surface area contributed by atoms with Gasteiger partial charge in [0, 0.05) is 46.0 Å². The van der Waals surface area contributed by atoms with Crippen LogP contribution in [0, 0.1) is 13.8 Å². The highest BCUT2D eigenvalue weighted by atomic mass is 15.4. The number of anilines is 1. The van der Waals surface area contributed by atoms with E-state index in [0.717, 1.165) is 43.8 Å². The van der Waals surface area contributed by atoms with E-state index in [1.165, 1.54) is 11.3 Å². The average molecular weight is 341 g/mol. The molecule has 0 aliphatic carbocycles. The van der Waals surface area contributed by atoms with Crippen molar-refractivity contribution >= 4 is 11.6 Å². The quantitative estimate of drug-likeness (QED) is 0.674. The summed E-state index contributed by atoms with van der Waals surface area (Å²) < 4.78 is 2.00. The zero-order valence-corrected chi connectivity index (χ0v) is 15.5. The van der Waals surface area contributed by atoms with Crippen LogP contribution >= 0.6 is 0 Å². The van der Waals surface area contributed by atoms with Gasteiger partial charge in [-0.3, -0.25) is 4.99 Å². The van der Waals surface area contributed by atoms with Gasteiger partial charge in [0.1, 0.15) is 5.82 Å². The highest BCUT2D eigenvalue weighted by molar-refractivity contribution is 5.80. The van der Waals surface area contributed by atoms with Crippen LogP contribution in [0.25, 0.3) is 0 Å². The molecule has 0 unspecified atom stereocenters. The van der Waals surface area contributed by atoms with Gasteiger partial charge in [0.15, 0.2) is 11.8 Å². The lowest BCUT2D eigenvalue weighted by Gasteiger charge is -2.37. The molecule has 25 heavy (non-hydrogen) atoms. The largest absolute Gasteiger partial charge is 0.368 e. The summed E-state index contributed by atoms with van der Waals surface area (Å²) in [5, 5.41) is 11.7. The maximum atomic E-state index is 4.43. The van der Waals surface area contributed by atoms with E-state index in [-0.39, 0.29) is 0 Å². The number of aryl methyl sites for hydroxylation is 2. The second-order valence-electron chi connectivity index (χ2n) is 6.44. The minimum absolute atomic E-state index is 0.627. The van der Waals surface area contributed by atoms with Crippen molar-refractivity contribution < 1.29 is 0 Å². The number of aromatic nitrogens is 3. The molecule has 0 saturated carbocycles. The summed E-state index contributed by atoms with van der Waals surface area (Å²) >= 11 is 0. The normalized spacial score (nSPS) is 15.6. The van der Waals surface area contributed by atoms with Gasteiger partial charge in [-0.1, -0.05) is 12.1 Å². The topological polar surface area (TPSA) is 61.6 Å². The van der Waals surface area contributed by atoms with Gasteiger partial charge < -0.3 is 19.7 Å². The van der Waals surface area contributed by atoms with Crippen LogP contribution in [-0.4, -0.2) is 58.9 Å². The highest BCUT2D eigenvalue weighted by Gasteiger charge is 2.20. The predicted molar refractivity (Wildman–Crippen MR) is 101 cm³/mol. The first-order chi connectivity index (χ1) is 12.1. The third-order valence-corrected chi connectivity index (χ3v) is 4.75. The fourth-order valence-corrected chi connectivity index (χ4v) is 3.10. The van der Waals surface area contributed by atoms with Crippen molar-refractivity contribution in [3.05, 3.63) is 41.5 Å². The Labute approximate surface area is 149 Å². The molecule has 134 valence electrons. The number of nitrogens with one attached hydrogen (secondary N) is 1. The van der Waals surface area contributed by atoms with Crippen LogP contribution in [0.1, 0.15) is 17.2 Å². The standard InChI is InChI=1S/C18H27N7/c1-14-6-5-7-16(12-14)24-8-10-25(11-9-24)18(19-3)20-13-17-22-21-15(2)23(17)4/h5-7,12H,8-11,13H2,1-4H3,(H,19,20). The zero-order chi connectivity index (χ0) is 17.8. The zero-order valence-electron chi connectivity index (χ0n) is 15.5. The van der Waals surface area contributed by atoms with Crippen molar-refractivity contribution in [2.75, 3.05) is 38.1 Å². The molecule has 2 aromatic rings. The Morgan fingerprint density at radius 2 is 1.92 bits per heavy atom. The van der Waals surface area contributed by atoms with Crippen LogP contribution in [0.2, 0.25) is 0 Å². The number of hydrogen-bond acceptors (Lipinski definition) is 4. The molecule has 1 aromatic carbocycles. The second-order valence-corrected chi connectivity index (χ2v) is 6.44. The number of benzene rings is 1. The molecular formula is C18H27N7. The lowest BCUT2D eigenvalue weighted by Crippen LogP contribution is -2.52. The third-order valence-electron chi connectivity index (χ3n) is 4.75. The molecule has 0 radical (unpaired) electrons. The lowest BCUT2D eigenvalue weighted by atomic mass is 10.2. The maximum Gasteiger partial charge on any atom is 0.194 e. The third kappa shape index (κ3) is 3.92. The molecule has 7 nitrogen and oxygen atoms in total. The Morgan fingerprint density at radius 3 is 2.52 bits per heavy atom. The molecule has 1 N–H and O–H groups in total. The van der Waals surface area contributed by atoms with Gasteiger partial charge in [0.2, 0.25) is 0 Å². The summed E-state index contributed by atoms with van der Waals surface area (Å²) in [4.78, 5) is 9.17. The molecule has 7 heteroatoms. The first-order valence-corrected chi connectivity index (χ1v) is 8.70. The predicted octanol–water partition coefficient (Wildman–Crippen LogP) is 1.33. The van der Waals surface area contributed by atoms with Crippen LogP contribution in [0.4, 0.5) is 5.69 Å². The van der Waals surface area contributed by atoms with Gasteiger partial charge >= 0.3 is 0 Å². The van der Waals surface area contributed by atoms with Crippen LogP contribution in [0.3, 0.4) is 0 Å². The molecule has 0 spiro atoms. The molecule has 1 aromatic heterocycles. The van der Waals surface area contributed by atoms with E-state index in [4.69, 9.17) is 0 Å². The average Bonchev–Trinajstić information content (AvgIpc) is 2.95. The minimum atomic E-state index is 0.627. The van der Waals surface area contributed by atoms with E-state index >= 15 is 0 Å². The number of piperazine rings is 1. The van der Waals surface area contributed by atoms with Crippen molar-refractivity contribution in [3.8, 4) is 0 Å². The van der Waals surface area contributed by atoms with Gasteiger partial charge in [0.25, 0.3) is 0 Å². The number of aliphatic imine (C=N–C) groups is 1. The second kappa shape index (κ2) is 7.55. The SMILES string of the molecule is CN=C(NCc1nnc(C)n1C)N1CCN(c2cccc(C)c2)CC1. The number of hydrogen-bond donors (Lipinski definition) is 1. The van der Waals surface area contributed by atoms with E-state index in [0.29, 0.717) is 6.54 Å². The van der Waals surface area contributed by atoms with Crippen LogP contribution in [-0.2, 0) is 13.6 Å². The molecule has 1 saturated heterocycles. The van der Waals surface area contributed by atoms with Crippen molar-refractivity contribution in [1.82, 2.24) is 25.0 Å². The summed E-state index contributed by atoms with van der Waals surface area (Å²) in [5.41, 5.74) is 2.61. The molecule has 0 bridgehead atoms. The fraction of sp³-hybridized carbons (Fsp3) is 0.500. The Kier molecular flexibility index (Phi) is 5.21. The van der Waals surface area contributed by atoms with E-state index < -0.39 is 0 Å². The molecule has 1 aliphatic heterocycles. The molecule has 1 fully saturated rings. The first-order valence-electron chi connectivity index (χ1n) is 8.70. The maximum absolute atomic E-state index is 4.43. The molecule has 0 amide bonds. The van der Waals surface area contributed by atoms with E-state index in [1.807, 2.05) is 25.6 Å². The van der Waals surface area contributed by atoms with Crippen molar-refractivity contribution in [3.63, 3.8) is 0 Å². The Hall–Kier alpha value is -2.57. The summed E-state index contributed by atoms with van der Waals surface area (Å²) in [7, 11) is 3.81. The number of guanidine groups is 1. The Balaban J connectivity index is 1.56. The van der Waals surface area contributed by atoms with Crippen LogP contribution in [0.5, 0.6) is 0 Å². The molecule has 0 atom stereocenters. The van der Waals surface area contributed by atoms with Gasteiger partial charge in [-0.05, 0) is 31.5 Å². The number of rotatable bonds is 3. The van der Waals surface area contributed by atoms with E-state index in [2.05, 4.69) is 61.5 Å².